The summed E-state index contributed by atoms with van der Waals surface area (Å²) in [7, 11) is 0. The van der Waals surface area contributed by atoms with Gasteiger partial charge in [-0.1, -0.05) is 26.7 Å². The van der Waals surface area contributed by atoms with Crippen molar-refractivity contribution >= 4 is 6.09 Å². The van der Waals surface area contributed by atoms with E-state index >= 15 is 0 Å². The number of aromatic amines is 1. The first-order chi connectivity index (χ1) is 14.3. The largest absolute Gasteiger partial charge is 0.444 e. The van der Waals surface area contributed by atoms with E-state index < -0.39 is 5.60 Å². The summed E-state index contributed by atoms with van der Waals surface area (Å²) in [4.78, 5) is 19.5. The summed E-state index contributed by atoms with van der Waals surface area (Å²) in [5.74, 6) is 2.13. The molecular weight excluding hydrogens is 380 g/mol. The molecule has 3 heterocycles. The van der Waals surface area contributed by atoms with Crippen molar-refractivity contribution in [3.8, 4) is 11.5 Å². The van der Waals surface area contributed by atoms with Crippen molar-refractivity contribution in [2.75, 3.05) is 6.54 Å². The van der Waals surface area contributed by atoms with Crippen LogP contribution in [0.5, 0.6) is 0 Å². The monoisotopic (exact) mass is 416 g/mol. The molecule has 3 rings (SSSR count). The van der Waals surface area contributed by atoms with Crippen molar-refractivity contribution in [1.82, 2.24) is 29.9 Å². The fourth-order valence-electron chi connectivity index (χ4n) is 3.94. The van der Waals surface area contributed by atoms with Gasteiger partial charge in [0, 0.05) is 31.7 Å². The minimum atomic E-state index is -0.498. The van der Waals surface area contributed by atoms with Crippen LogP contribution in [0.2, 0.25) is 0 Å². The Morgan fingerprint density at radius 2 is 2.07 bits per heavy atom. The molecule has 0 radical (unpaired) electrons. The lowest BCUT2D eigenvalue weighted by Crippen LogP contribution is -2.47. The molecule has 1 saturated heterocycles. The molecule has 0 spiro atoms. The first-order valence-electron chi connectivity index (χ1n) is 11.2. The van der Waals surface area contributed by atoms with Crippen LogP contribution in [-0.4, -0.2) is 54.1 Å². The Bertz CT molecular complexity index is 804. The van der Waals surface area contributed by atoms with Crippen LogP contribution in [0.25, 0.3) is 11.5 Å². The minimum absolute atomic E-state index is 0.0767. The van der Waals surface area contributed by atoms with Gasteiger partial charge in [-0.3, -0.25) is 5.10 Å². The molecule has 8 nitrogen and oxygen atoms in total. The van der Waals surface area contributed by atoms with Gasteiger partial charge in [0.05, 0.1) is 0 Å². The van der Waals surface area contributed by atoms with Gasteiger partial charge in [0.15, 0.2) is 5.82 Å². The van der Waals surface area contributed by atoms with Crippen molar-refractivity contribution in [2.45, 2.75) is 91.3 Å². The van der Waals surface area contributed by atoms with Gasteiger partial charge in [-0.2, -0.15) is 5.10 Å². The summed E-state index contributed by atoms with van der Waals surface area (Å²) in [6, 6.07) is 1.96. The molecule has 0 aromatic carbocycles. The molecule has 1 amide bonds. The fraction of sp³-hybridized carbons (Fsp3) is 0.727. The quantitative estimate of drug-likeness (QED) is 0.721. The second-order valence-corrected chi connectivity index (χ2v) is 9.21. The predicted molar refractivity (Wildman–Crippen MR) is 116 cm³/mol. The number of aromatic nitrogens is 5. The summed E-state index contributed by atoms with van der Waals surface area (Å²) in [5, 5.41) is 11.8. The molecular formula is C22H36N6O2. The summed E-state index contributed by atoms with van der Waals surface area (Å²) in [5.41, 5.74) is 0.315. The maximum Gasteiger partial charge on any atom is 0.410 e. The summed E-state index contributed by atoms with van der Waals surface area (Å²) in [6.45, 7) is 11.7. The van der Waals surface area contributed by atoms with Crippen LogP contribution in [0.3, 0.4) is 0 Å². The van der Waals surface area contributed by atoms with Gasteiger partial charge in [-0.15, -0.1) is 5.10 Å². The van der Waals surface area contributed by atoms with Gasteiger partial charge in [0.1, 0.15) is 17.1 Å². The zero-order chi connectivity index (χ0) is 21.7. The Morgan fingerprint density at radius 3 is 2.70 bits per heavy atom. The molecule has 0 bridgehead atoms. The van der Waals surface area contributed by atoms with Gasteiger partial charge in [0.25, 0.3) is 0 Å². The Balaban J connectivity index is 1.84. The van der Waals surface area contributed by atoms with Crippen LogP contribution >= 0.6 is 0 Å². The number of ether oxygens (including phenoxy) is 1. The highest BCUT2D eigenvalue weighted by Crippen LogP contribution is 2.24. The van der Waals surface area contributed by atoms with E-state index in [1.54, 1.807) is 6.20 Å². The van der Waals surface area contributed by atoms with Crippen LogP contribution in [0, 0.1) is 5.92 Å². The number of likely N-dealkylation sites (tertiary alicyclic amines) is 1. The number of carbonyl (C=O) groups excluding carboxylic acids is 1. The van der Waals surface area contributed by atoms with Gasteiger partial charge in [-0.25, -0.2) is 14.5 Å². The molecule has 1 atom stereocenters. The van der Waals surface area contributed by atoms with Crippen LogP contribution in [-0.2, 0) is 17.7 Å². The average molecular weight is 417 g/mol. The number of piperidine rings is 1. The van der Waals surface area contributed by atoms with Crippen LogP contribution < -0.4 is 0 Å². The van der Waals surface area contributed by atoms with Gasteiger partial charge >= 0.3 is 6.09 Å². The van der Waals surface area contributed by atoms with Crippen LogP contribution in [0.15, 0.2) is 12.3 Å². The predicted octanol–water partition coefficient (Wildman–Crippen LogP) is 4.44. The highest BCUT2D eigenvalue weighted by molar-refractivity contribution is 5.68. The normalized spacial score (nSPS) is 17.5. The second-order valence-electron chi connectivity index (χ2n) is 9.21. The fourth-order valence-corrected chi connectivity index (χ4v) is 3.94. The van der Waals surface area contributed by atoms with E-state index in [1.807, 2.05) is 36.4 Å². The first-order valence-corrected chi connectivity index (χ1v) is 11.2. The lowest BCUT2D eigenvalue weighted by atomic mass is 9.99. The van der Waals surface area contributed by atoms with Crippen LogP contribution in [0.4, 0.5) is 4.79 Å². The molecule has 1 N–H and O–H groups in total. The smallest absolute Gasteiger partial charge is 0.410 e. The topological polar surface area (TPSA) is 88.9 Å². The van der Waals surface area contributed by atoms with E-state index in [-0.39, 0.29) is 12.1 Å². The van der Waals surface area contributed by atoms with E-state index in [0.29, 0.717) is 18.2 Å². The molecule has 0 aliphatic carbocycles. The molecule has 2 aromatic heterocycles. The van der Waals surface area contributed by atoms with Gasteiger partial charge in [0.2, 0.25) is 0 Å². The van der Waals surface area contributed by atoms with E-state index in [4.69, 9.17) is 14.8 Å². The molecule has 1 aliphatic heterocycles. The summed E-state index contributed by atoms with van der Waals surface area (Å²) < 4.78 is 7.71. The SMILES string of the molecule is CCC(CC)Cn1nc(-c2ccn[nH]2)nc1C[C@H]1CCCCN1C(=O)OC(C)(C)C. The summed E-state index contributed by atoms with van der Waals surface area (Å²) >= 11 is 0. The number of hydrogen-bond acceptors (Lipinski definition) is 5. The molecule has 166 valence electrons. The highest BCUT2D eigenvalue weighted by atomic mass is 16.6. The molecule has 0 unspecified atom stereocenters. The van der Waals surface area contributed by atoms with Crippen LogP contribution in [0.1, 0.15) is 72.5 Å². The third-order valence-electron chi connectivity index (χ3n) is 5.75. The lowest BCUT2D eigenvalue weighted by molar-refractivity contribution is 0.00959. The van der Waals surface area contributed by atoms with Crippen molar-refractivity contribution in [3.63, 3.8) is 0 Å². The Labute approximate surface area is 179 Å². The lowest BCUT2D eigenvalue weighted by Gasteiger charge is -2.36. The van der Waals surface area contributed by atoms with E-state index in [0.717, 1.165) is 56.7 Å². The zero-order valence-electron chi connectivity index (χ0n) is 19.0. The number of hydrogen-bond donors (Lipinski definition) is 1. The molecule has 1 fully saturated rings. The number of nitrogens with one attached hydrogen (secondary N) is 1. The standard InChI is InChI=1S/C22H36N6O2/c1-6-16(7-2)15-28-19(24-20(26-28)18-11-12-23-25-18)14-17-10-8-9-13-27(17)21(29)30-22(3,4)5/h11-12,16-17H,6-10,13-15H2,1-5H3,(H,23,25)/t17-/m1/s1. The molecule has 30 heavy (non-hydrogen) atoms. The Hall–Kier alpha value is -2.38. The number of rotatable bonds is 7. The van der Waals surface area contributed by atoms with Crippen molar-refractivity contribution in [3.05, 3.63) is 18.1 Å². The minimum Gasteiger partial charge on any atom is -0.444 e. The maximum atomic E-state index is 12.8. The van der Waals surface area contributed by atoms with Crippen molar-refractivity contribution in [2.24, 2.45) is 5.92 Å². The molecule has 2 aromatic rings. The number of amides is 1. The van der Waals surface area contributed by atoms with E-state index in [2.05, 4.69) is 24.0 Å². The van der Waals surface area contributed by atoms with Crippen molar-refractivity contribution < 1.29 is 9.53 Å². The second kappa shape index (κ2) is 9.62. The molecule has 0 saturated carbocycles. The number of H-pyrrole nitrogens is 1. The number of nitrogens with zero attached hydrogens (tertiary/aromatic N) is 5. The Kier molecular flexibility index (Phi) is 7.15. The Morgan fingerprint density at radius 1 is 1.30 bits per heavy atom. The van der Waals surface area contributed by atoms with E-state index in [9.17, 15) is 4.79 Å². The number of carbonyl (C=O) groups is 1. The highest BCUT2D eigenvalue weighted by Gasteiger charge is 2.32. The van der Waals surface area contributed by atoms with Gasteiger partial charge < -0.3 is 9.64 Å². The summed E-state index contributed by atoms with van der Waals surface area (Å²) in [6.07, 6.45) is 7.44. The third-order valence-corrected chi connectivity index (χ3v) is 5.75. The van der Waals surface area contributed by atoms with Crippen molar-refractivity contribution in [1.29, 1.82) is 0 Å². The zero-order valence-corrected chi connectivity index (χ0v) is 19.0. The maximum absolute atomic E-state index is 12.8. The van der Waals surface area contributed by atoms with Gasteiger partial charge in [-0.05, 0) is 52.0 Å². The third kappa shape index (κ3) is 5.61. The first kappa shape index (κ1) is 22.3. The average Bonchev–Trinajstić information content (AvgIpc) is 3.35. The molecule has 1 aliphatic rings. The molecule has 8 heteroatoms. The van der Waals surface area contributed by atoms with E-state index in [1.165, 1.54) is 0 Å².